The van der Waals surface area contributed by atoms with Crippen LogP contribution in [-0.2, 0) is 9.59 Å². The van der Waals surface area contributed by atoms with E-state index < -0.39 is 0 Å². The van der Waals surface area contributed by atoms with E-state index in [-0.39, 0.29) is 18.4 Å². The van der Waals surface area contributed by atoms with Crippen LogP contribution in [0.2, 0.25) is 0 Å². The van der Waals surface area contributed by atoms with Crippen molar-refractivity contribution in [2.75, 3.05) is 26.2 Å². The van der Waals surface area contributed by atoms with Crippen molar-refractivity contribution in [1.82, 2.24) is 20.0 Å². The van der Waals surface area contributed by atoms with Crippen molar-refractivity contribution in [1.29, 1.82) is 0 Å². The molecule has 0 spiro atoms. The summed E-state index contributed by atoms with van der Waals surface area (Å²) in [6.45, 7) is 4.54. The van der Waals surface area contributed by atoms with Crippen LogP contribution in [0.3, 0.4) is 0 Å². The number of amides is 2. The van der Waals surface area contributed by atoms with E-state index in [2.05, 4.69) is 35.3 Å². The van der Waals surface area contributed by atoms with Crippen LogP contribution in [0.25, 0.3) is 11.1 Å². The smallest absolute Gasteiger partial charge is 0.242 e. The number of nitrogens with zero attached hydrogens (tertiary/aromatic N) is 3. The maximum absolute atomic E-state index is 12.5. The fraction of sp³-hybridized carbons (Fsp3) is 0.476. The molecule has 0 atom stereocenters. The van der Waals surface area contributed by atoms with Crippen molar-refractivity contribution in [3.05, 3.63) is 41.7 Å². The predicted molar refractivity (Wildman–Crippen MR) is 103 cm³/mol. The minimum Gasteiger partial charge on any atom is -0.341 e. The number of hydrogen-bond donors (Lipinski definition) is 1. The van der Waals surface area contributed by atoms with Gasteiger partial charge in [0.25, 0.3) is 0 Å². The average Bonchev–Trinajstić information content (AvgIpc) is 3.32. The van der Waals surface area contributed by atoms with Crippen LogP contribution in [0.15, 0.2) is 30.5 Å². The molecular formula is C21H26N4O2. The van der Waals surface area contributed by atoms with Crippen LogP contribution < -0.4 is 0 Å². The van der Waals surface area contributed by atoms with Gasteiger partial charge in [0.05, 0.1) is 12.7 Å². The number of H-pyrrole nitrogens is 1. The average molecular weight is 366 g/mol. The second-order valence-electron chi connectivity index (χ2n) is 7.59. The van der Waals surface area contributed by atoms with Crippen LogP contribution >= 0.6 is 0 Å². The van der Waals surface area contributed by atoms with E-state index in [9.17, 15) is 9.59 Å². The third-order valence-electron chi connectivity index (χ3n) is 5.86. The number of benzene rings is 1. The summed E-state index contributed by atoms with van der Waals surface area (Å²) in [4.78, 5) is 27.9. The first-order valence-electron chi connectivity index (χ1n) is 9.78. The molecule has 1 aromatic carbocycles. The number of aryl methyl sites for hydroxylation is 1. The topological polar surface area (TPSA) is 69.3 Å². The molecule has 2 amide bonds. The number of rotatable bonds is 4. The zero-order valence-electron chi connectivity index (χ0n) is 15.8. The normalized spacial score (nSPS) is 18.3. The number of nitrogens with one attached hydrogen (secondary N) is 1. The molecule has 0 bridgehead atoms. The first-order valence-corrected chi connectivity index (χ1v) is 9.78. The predicted octanol–water partition coefficient (Wildman–Crippen LogP) is 2.71. The third kappa shape index (κ3) is 3.61. The van der Waals surface area contributed by atoms with E-state index in [1.807, 2.05) is 17.2 Å². The van der Waals surface area contributed by atoms with E-state index in [0.29, 0.717) is 12.3 Å². The highest BCUT2D eigenvalue weighted by Gasteiger charge is 2.29. The van der Waals surface area contributed by atoms with Crippen molar-refractivity contribution in [2.24, 2.45) is 0 Å². The second-order valence-corrected chi connectivity index (χ2v) is 7.59. The highest BCUT2D eigenvalue weighted by atomic mass is 16.2. The Morgan fingerprint density at radius 2 is 1.96 bits per heavy atom. The zero-order valence-corrected chi connectivity index (χ0v) is 15.8. The van der Waals surface area contributed by atoms with Gasteiger partial charge in [0.15, 0.2) is 0 Å². The molecule has 0 radical (unpaired) electrons. The summed E-state index contributed by atoms with van der Waals surface area (Å²) in [5.74, 6) is 0.561. The van der Waals surface area contributed by atoms with E-state index in [1.54, 1.807) is 4.90 Å². The maximum Gasteiger partial charge on any atom is 0.242 e. The SMILES string of the molecule is Cc1ccccc1-c1cn[nH]c1C1CCN(C(=O)CN2CCCC2=O)CC1. The van der Waals surface area contributed by atoms with Crippen molar-refractivity contribution in [3.8, 4) is 11.1 Å². The van der Waals surface area contributed by atoms with E-state index >= 15 is 0 Å². The molecule has 1 N–H and O–H groups in total. The Bertz CT molecular complexity index is 836. The van der Waals surface area contributed by atoms with Gasteiger partial charge in [-0.15, -0.1) is 0 Å². The molecule has 3 heterocycles. The standard InChI is InChI=1S/C21H26N4O2/c1-15-5-2-3-6-17(15)18-13-22-23-21(18)16-8-11-24(12-9-16)20(27)14-25-10-4-7-19(25)26/h2-3,5-6,13,16H,4,7-12,14H2,1H3,(H,22,23). The van der Waals surface area contributed by atoms with Gasteiger partial charge >= 0.3 is 0 Å². The monoisotopic (exact) mass is 366 g/mol. The summed E-state index contributed by atoms with van der Waals surface area (Å²) in [5, 5.41) is 7.50. The Kier molecular flexibility index (Phi) is 4.97. The number of piperidine rings is 1. The molecule has 0 saturated carbocycles. The number of carbonyl (C=O) groups excluding carboxylic acids is 2. The van der Waals surface area contributed by atoms with Gasteiger partial charge in [0, 0.05) is 43.2 Å². The van der Waals surface area contributed by atoms with Crippen LogP contribution in [0.1, 0.15) is 42.9 Å². The van der Waals surface area contributed by atoms with E-state index in [0.717, 1.165) is 38.9 Å². The molecule has 4 rings (SSSR count). The zero-order chi connectivity index (χ0) is 18.8. The summed E-state index contributed by atoms with van der Waals surface area (Å²) in [6.07, 6.45) is 5.20. The molecule has 2 aliphatic rings. The van der Waals surface area contributed by atoms with Gasteiger partial charge in [-0.05, 0) is 37.3 Å². The Balaban J connectivity index is 1.40. The Morgan fingerprint density at radius 3 is 2.67 bits per heavy atom. The van der Waals surface area contributed by atoms with Gasteiger partial charge < -0.3 is 9.80 Å². The molecule has 6 nitrogen and oxygen atoms in total. The van der Waals surface area contributed by atoms with Gasteiger partial charge in [-0.3, -0.25) is 14.7 Å². The van der Waals surface area contributed by atoms with Crippen LogP contribution in [0, 0.1) is 6.92 Å². The fourth-order valence-electron chi connectivity index (χ4n) is 4.25. The molecule has 27 heavy (non-hydrogen) atoms. The fourth-order valence-corrected chi connectivity index (χ4v) is 4.25. The van der Waals surface area contributed by atoms with Crippen LogP contribution in [0.5, 0.6) is 0 Å². The third-order valence-corrected chi connectivity index (χ3v) is 5.86. The molecule has 2 aromatic rings. The molecule has 1 aromatic heterocycles. The lowest BCUT2D eigenvalue weighted by Gasteiger charge is -2.33. The van der Waals surface area contributed by atoms with Crippen molar-refractivity contribution < 1.29 is 9.59 Å². The molecule has 142 valence electrons. The largest absolute Gasteiger partial charge is 0.341 e. The number of likely N-dealkylation sites (tertiary alicyclic amines) is 2. The highest BCUT2D eigenvalue weighted by molar-refractivity contribution is 5.86. The first kappa shape index (κ1) is 17.8. The lowest BCUT2D eigenvalue weighted by atomic mass is 9.88. The molecule has 0 unspecified atom stereocenters. The molecule has 2 fully saturated rings. The number of hydrogen-bond acceptors (Lipinski definition) is 3. The van der Waals surface area contributed by atoms with Gasteiger partial charge in [-0.25, -0.2) is 0 Å². The maximum atomic E-state index is 12.5. The minimum absolute atomic E-state index is 0.0763. The van der Waals surface area contributed by atoms with Gasteiger partial charge in [-0.2, -0.15) is 5.10 Å². The minimum atomic E-state index is 0.0763. The van der Waals surface area contributed by atoms with Crippen LogP contribution in [0.4, 0.5) is 0 Å². The molecule has 2 saturated heterocycles. The molecule has 0 aliphatic carbocycles. The molecule has 6 heteroatoms. The van der Waals surface area contributed by atoms with Crippen LogP contribution in [-0.4, -0.2) is 58.0 Å². The lowest BCUT2D eigenvalue weighted by Crippen LogP contribution is -2.44. The summed E-state index contributed by atoms with van der Waals surface area (Å²) in [6, 6.07) is 8.36. The highest BCUT2D eigenvalue weighted by Crippen LogP contribution is 2.35. The summed E-state index contributed by atoms with van der Waals surface area (Å²) in [5.41, 5.74) is 4.79. The Labute approximate surface area is 159 Å². The lowest BCUT2D eigenvalue weighted by molar-refractivity contribution is -0.139. The summed E-state index contributed by atoms with van der Waals surface area (Å²) in [7, 11) is 0. The molecule has 2 aliphatic heterocycles. The Hall–Kier alpha value is -2.63. The summed E-state index contributed by atoms with van der Waals surface area (Å²) < 4.78 is 0. The first-order chi connectivity index (χ1) is 13.1. The van der Waals surface area contributed by atoms with E-state index in [1.165, 1.54) is 22.4 Å². The molecular weight excluding hydrogens is 340 g/mol. The van der Waals surface area contributed by atoms with Gasteiger partial charge in [0.2, 0.25) is 11.8 Å². The summed E-state index contributed by atoms with van der Waals surface area (Å²) >= 11 is 0. The quantitative estimate of drug-likeness (QED) is 0.904. The second kappa shape index (κ2) is 7.55. The van der Waals surface area contributed by atoms with Crippen molar-refractivity contribution in [3.63, 3.8) is 0 Å². The number of aromatic nitrogens is 2. The van der Waals surface area contributed by atoms with Gasteiger partial charge in [-0.1, -0.05) is 24.3 Å². The number of aromatic amines is 1. The van der Waals surface area contributed by atoms with Crippen molar-refractivity contribution >= 4 is 11.8 Å². The number of carbonyl (C=O) groups is 2. The van der Waals surface area contributed by atoms with E-state index in [4.69, 9.17) is 0 Å². The Morgan fingerprint density at radius 1 is 1.19 bits per heavy atom. The van der Waals surface area contributed by atoms with Crippen molar-refractivity contribution in [2.45, 2.75) is 38.5 Å². The van der Waals surface area contributed by atoms with Gasteiger partial charge in [0.1, 0.15) is 0 Å².